The van der Waals surface area contributed by atoms with Gasteiger partial charge in [-0.15, -0.1) is 0 Å². The van der Waals surface area contributed by atoms with Crippen LogP contribution in [0.2, 0.25) is 0 Å². The molecule has 212 valence electrons. The number of amides is 2. The summed E-state index contributed by atoms with van der Waals surface area (Å²) in [6, 6.07) is 11.4. The highest BCUT2D eigenvalue weighted by atomic mass is 32.2. The molecule has 10 nitrogen and oxygen atoms in total. The molecule has 0 radical (unpaired) electrons. The van der Waals surface area contributed by atoms with Crippen molar-refractivity contribution in [2.45, 2.75) is 57.5 Å². The fourth-order valence-electron chi connectivity index (χ4n) is 5.85. The average Bonchev–Trinajstić information content (AvgIpc) is 3.69. The first-order valence-corrected chi connectivity index (χ1v) is 15.1. The summed E-state index contributed by atoms with van der Waals surface area (Å²) in [6.45, 7) is -0.0546. The molecule has 0 saturated carbocycles. The van der Waals surface area contributed by atoms with Crippen LogP contribution in [0.3, 0.4) is 0 Å². The van der Waals surface area contributed by atoms with Crippen LogP contribution in [0.25, 0.3) is 0 Å². The Labute approximate surface area is 234 Å². The summed E-state index contributed by atoms with van der Waals surface area (Å²) in [5, 5.41) is 6.57. The van der Waals surface area contributed by atoms with Gasteiger partial charge in [-0.2, -0.15) is 13.5 Å². The van der Waals surface area contributed by atoms with Crippen molar-refractivity contribution in [3.63, 3.8) is 0 Å². The van der Waals surface area contributed by atoms with Crippen molar-refractivity contribution >= 4 is 27.9 Å². The van der Waals surface area contributed by atoms with Crippen molar-refractivity contribution in [3.05, 3.63) is 82.2 Å². The van der Waals surface area contributed by atoms with Gasteiger partial charge >= 0.3 is 16.3 Å². The lowest BCUT2D eigenvalue weighted by molar-refractivity contribution is -0.118. The predicted molar refractivity (Wildman–Crippen MR) is 151 cm³/mol. The minimum absolute atomic E-state index is 0.0258. The highest BCUT2D eigenvalue weighted by Crippen LogP contribution is 2.35. The fraction of sp³-hybridized carbons (Fsp3) is 0.414. The molecule has 0 aliphatic heterocycles. The fourth-order valence-corrected chi connectivity index (χ4v) is 7.04. The zero-order chi connectivity index (χ0) is 28.3. The monoisotopic (exact) mass is 565 g/mol. The van der Waals surface area contributed by atoms with Crippen molar-refractivity contribution in [1.82, 2.24) is 19.8 Å². The van der Waals surface area contributed by atoms with Crippen LogP contribution in [0, 0.1) is 0 Å². The number of alkyl carbamates (subject to hydrolysis) is 1. The summed E-state index contributed by atoms with van der Waals surface area (Å²) < 4.78 is 37.8. The lowest BCUT2D eigenvalue weighted by atomic mass is 9.92. The Morgan fingerprint density at radius 3 is 2.35 bits per heavy atom. The Kier molecular flexibility index (Phi) is 8.11. The van der Waals surface area contributed by atoms with Gasteiger partial charge in [0.25, 0.3) is 0 Å². The van der Waals surface area contributed by atoms with Crippen LogP contribution in [0.4, 0.5) is 10.5 Å². The Bertz CT molecular complexity index is 1470. The van der Waals surface area contributed by atoms with Crippen LogP contribution >= 0.6 is 0 Å². The van der Waals surface area contributed by atoms with Crippen LogP contribution in [0.1, 0.15) is 58.7 Å². The molecule has 2 amide bonds. The summed E-state index contributed by atoms with van der Waals surface area (Å²) in [5.74, 6) is -0.565. The Hall–Kier alpha value is -3.86. The SMILES string of the molecule is CNC(=O)OC(CCN(c1cnn(C)c1)S(=O)(=O)NC(=O)Cc1c2c(cc3c1CCC3)CCC2)c1ccccc1. The third-order valence-corrected chi connectivity index (χ3v) is 9.13. The van der Waals surface area contributed by atoms with Gasteiger partial charge in [0.1, 0.15) is 6.10 Å². The number of benzene rings is 2. The molecule has 1 aromatic heterocycles. The van der Waals surface area contributed by atoms with Crippen LogP contribution in [-0.4, -0.2) is 43.8 Å². The minimum atomic E-state index is -4.30. The van der Waals surface area contributed by atoms with Crippen molar-refractivity contribution in [2.24, 2.45) is 7.05 Å². The van der Waals surface area contributed by atoms with E-state index in [0.717, 1.165) is 54.0 Å². The lowest BCUT2D eigenvalue weighted by Gasteiger charge is -2.26. The molecule has 1 heterocycles. The standard InChI is InChI=1S/C29H35N5O5S/c1-30-29(36)39-27(20-8-4-3-5-9-20)14-15-34(23-18-31-33(2)19-23)40(37,38)32-28(35)17-26-24-12-6-10-21(24)16-22-11-7-13-25(22)26/h3-5,8-9,16,18-19,27H,6-7,10-15,17H2,1-2H3,(H,30,36)(H,32,35). The number of hydrogen-bond donors (Lipinski definition) is 2. The number of anilines is 1. The summed E-state index contributed by atoms with van der Waals surface area (Å²) in [6.07, 6.45) is 7.81. The molecule has 11 heteroatoms. The molecule has 3 aromatic rings. The van der Waals surface area contributed by atoms with Crippen molar-refractivity contribution in [1.29, 1.82) is 0 Å². The van der Waals surface area contributed by atoms with E-state index in [2.05, 4.69) is 21.2 Å². The van der Waals surface area contributed by atoms with Crippen molar-refractivity contribution in [3.8, 4) is 0 Å². The number of nitrogens with zero attached hydrogens (tertiary/aromatic N) is 3. The van der Waals surface area contributed by atoms with Gasteiger partial charge in [-0.1, -0.05) is 36.4 Å². The summed E-state index contributed by atoms with van der Waals surface area (Å²) >= 11 is 0. The molecule has 0 bridgehead atoms. The first kappa shape index (κ1) is 27.7. The zero-order valence-corrected chi connectivity index (χ0v) is 23.7. The van der Waals surface area contributed by atoms with Gasteiger partial charge in [-0.25, -0.2) is 9.52 Å². The van der Waals surface area contributed by atoms with Crippen LogP contribution < -0.4 is 14.3 Å². The molecule has 2 N–H and O–H groups in total. The van der Waals surface area contributed by atoms with E-state index in [9.17, 15) is 18.0 Å². The lowest BCUT2D eigenvalue weighted by Crippen LogP contribution is -2.45. The third-order valence-electron chi connectivity index (χ3n) is 7.67. The number of fused-ring (bicyclic) bond motifs is 2. The smallest absolute Gasteiger partial charge is 0.407 e. The summed E-state index contributed by atoms with van der Waals surface area (Å²) in [5.41, 5.74) is 7.06. The Balaban J connectivity index is 1.37. The van der Waals surface area contributed by atoms with Gasteiger partial charge in [-0.05, 0) is 71.9 Å². The van der Waals surface area contributed by atoms with Crippen LogP contribution in [0.15, 0.2) is 48.8 Å². The molecular formula is C29H35N5O5S. The topological polar surface area (TPSA) is 123 Å². The largest absolute Gasteiger partial charge is 0.441 e. The molecule has 0 fully saturated rings. The molecule has 2 aromatic carbocycles. The Morgan fingerprint density at radius 1 is 1.07 bits per heavy atom. The van der Waals surface area contributed by atoms with Gasteiger partial charge in [0.05, 0.1) is 18.3 Å². The molecule has 0 spiro atoms. The predicted octanol–water partition coefficient (Wildman–Crippen LogP) is 3.30. The van der Waals surface area contributed by atoms with E-state index in [4.69, 9.17) is 4.74 Å². The van der Waals surface area contributed by atoms with E-state index in [0.29, 0.717) is 5.69 Å². The van der Waals surface area contributed by atoms with Crippen LogP contribution in [-0.2, 0) is 58.9 Å². The first-order valence-electron chi connectivity index (χ1n) is 13.7. The summed E-state index contributed by atoms with van der Waals surface area (Å²) in [7, 11) is -1.15. The number of ether oxygens (including phenoxy) is 1. The molecule has 2 aliphatic rings. The Morgan fingerprint density at radius 2 is 1.75 bits per heavy atom. The second-order valence-corrected chi connectivity index (χ2v) is 11.9. The van der Waals surface area contributed by atoms with E-state index < -0.39 is 28.3 Å². The molecule has 40 heavy (non-hydrogen) atoms. The highest BCUT2D eigenvalue weighted by molar-refractivity contribution is 7.91. The van der Waals surface area contributed by atoms with Gasteiger partial charge in [0.2, 0.25) is 5.91 Å². The van der Waals surface area contributed by atoms with E-state index in [1.807, 2.05) is 30.3 Å². The first-order chi connectivity index (χ1) is 19.2. The molecular weight excluding hydrogens is 530 g/mol. The van der Waals surface area contributed by atoms with Gasteiger partial charge in [-0.3, -0.25) is 13.8 Å². The number of carbonyl (C=O) groups is 2. The van der Waals surface area contributed by atoms with E-state index in [1.165, 1.54) is 40.2 Å². The maximum atomic E-state index is 13.7. The van der Waals surface area contributed by atoms with Crippen molar-refractivity contribution in [2.75, 3.05) is 17.9 Å². The number of hydrogen-bond acceptors (Lipinski definition) is 6. The highest BCUT2D eigenvalue weighted by Gasteiger charge is 2.30. The quantitative estimate of drug-likeness (QED) is 0.389. The second kappa shape index (κ2) is 11.7. The van der Waals surface area contributed by atoms with Gasteiger partial charge in [0.15, 0.2) is 0 Å². The number of rotatable bonds is 10. The molecule has 1 atom stereocenters. The zero-order valence-electron chi connectivity index (χ0n) is 22.9. The number of carbonyl (C=O) groups excluding carboxylic acids is 2. The molecule has 1 unspecified atom stereocenters. The van der Waals surface area contributed by atoms with Gasteiger partial charge < -0.3 is 10.1 Å². The molecule has 5 rings (SSSR count). The number of nitrogens with one attached hydrogen (secondary N) is 2. The molecule has 0 saturated heterocycles. The van der Waals surface area contributed by atoms with Crippen molar-refractivity contribution < 1.29 is 22.7 Å². The van der Waals surface area contributed by atoms with Gasteiger partial charge in [0, 0.05) is 33.3 Å². The number of aryl methyl sites for hydroxylation is 3. The van der Waals surface area contributed by atoms with E-state index >= 15 is 0 Å². The minimum Gasteiger partial charge on any atom is -0.441 e. The maximum absolute atomic E-state index is 13.7. The van der Waals surface area contributed by atoms with Crippen LogP contribution in [0.5, 0.6) is 0 Å². The normalized spacial score (nSPS) is 14.8. The third kappa shape index (κ3) is 5.99. The van der Waals surface area contributed by atoms with E-state index in [1.54, 1.807) is 13.2 Å². The second-order valence-electron chi connectivity index (χ2n) is 10.3. The van der Waals surface area contributed by atoms with E-state index in [-0.39, 0.29) is 19.4 Å². The number of aromatic nitrogens is 2. The summed E-state index contributed by atoms with van der Waals surface area (Å²) in [4.78, 5) is 25.4. The maximum Gasteiger partial charge on any atom is 0.407 e. The average molecular weight is 566 g/mol. The molecule has 2 aliphatic carbocycles.